The predicted molar refractivity (Wildman–Crippen MR) is 97.5 cm³/mol. The van der Waals surface area contributed by atoms with Gasteiger partial charge in [0, 0.05) is 30.4 Å². The van der Waals surface area contributed by atoms with Crippen LogP contribution in [0.2, 0.25) is 0 Å². The fourth-order valence-corrected chi connectivity index (χ4v) is 3.36. The lowest BCUT2D eigenvalue weighted by atomic mass is 9.99. The molecule has 0 aliphatic carbocycles. The Bertz CT molecular complexity index is 908. The number of likely N-dealkylation sites (tertiary alicyclic amines) is 1. The molecule has 4 rings (SSSR count). The zero-order chi connectivity index (χ0) is 17.4. The molecule has 1 aromatic carbocycles. The average molecular weight is 334 g/mol. The minimum atomic E-state index is 0.0121. The Morgan fingerprint density at radius 3 is 2.56 bits per heavy atom. The van der Waals surface area contributed by atoms with Gasteiger partial charge in [-0.3, -0.25) is 4.79 Å². The van der Waals surface area contributed by atoms with Crippen molar-refractivity contribution in [3.05, 3.63) is 53.9 Å². The van der Waals surface area contributed by atoms with Crippen LogP contribution in [0.1, 0.15) is 35.9 Å². The number of benzene rings is 1. The third-order valence-corrected chi connectivity index (χ3v) is 4.96. The molecule has 2 aromatic heterocycles. The van der Waals surface area contributed by atoms with Crippen molar-refractivity contribution >= 4 is 11.6 Å². The van der Waals surface area contributed by atoms with E-state index in [4.69, 9.17) is 4.98 Å². The molecule has 128 valence electrons. The summed E-state index contributed by atoms with van der Waals surface area (Å²) in [5.41, 5.74) is 4.13. The fourth-order valence-electron chi connectivity index (χ4n) is 3.36. The smallest absolute Gasteiger partial charge is 0.274 e. The van der Waals surface area contributed by atoms with E-state index in [1.807, 2.05) is 48.2 Å². The molecule has 3 aromatic rings. The maximum absolute atomic E-state index is 12.8. The van der Waals surface area contributed by atoms with E-state index >= 15 is 0 Å². The van der Waals surface area contributed by atoms with Crippen molar-refractivity contribution in [2.75, 3.05) is 13.1 Å². The highest BCUT2D eigenvalue weighted by Crippen LogP contribution is 2.21. The highest BCUT2D eigenvalue weighted by Gasteiger charge is 2.24. The van der Waals surface area contributed by atoms with Gasteiger partial charge in [-0.15, -0.1) is 0 Å². The number of hydrogen-bond donors (Lipinski definition) is 0. The van der Waals surface area contributed by atoms with Gasteiger partial charge >= 0.3 is 0 Å². The van der Waals surface area contributed by atoms with Crippen molar-refractivity contribution in [1.29, 1.82) is 0 Å². The molecular formula is C20H22N4O. The van der Waals surface area contributed by atoms with Crippen molar-refractivity contribution in [1.82, 2.24) is 19.5 Å². The number of piperidine rings is 1. The summed E-state index contributed by atoms with van der Waals surface area (Å²) in [5.74, 6) is 0.709. The number of fused-ring (bicyclic) bond motifs is 1. The van der Waals surface area contributed by atoms with Gasteiger partial charge in [0.1, 0.15) is 0 Å². The lowest BCUT2D eigenvalue weighted by Crippen LogP contribution is -2.38. The quantitative estimate of drug-likeness (QED) is 0.720. The minimum absolute atomic E-state index is 0.0121. The third-order valence-electron chi connectivity index (χ3n) is 4.96. The number of carbonyl (C=O) groups is 1. The number of carbonyl (C=O) groups excluding carboxylic acids is 1. The van der Waals surface area contributed by atoms with Gasteiger partial charge in [-0.25, -0.2) is 9.50 Å². The van der Waals surface area contributed by atoms with Crippen LogP contribution in [-0.2, 0) is 0 Å². The summed E-state index contributed by atoms with van der Waals surface area (Å²) < 4.78 is 1.76. The highest BCUT2D eigenvalue weighted by atomic mass is 16.2. The second kappa shape index (κ2) is 6.31. The van der Waals surface area contributed by atoms with Gasteiger partial charge in [0.25, 0.3) is 5.91 Å². The van der Waals surface area contributed by atoms with Crippen LogP contribution < -0.4 is 0 Å². The van der Waals surface area contributed by atoms with Gasteiger partial charge in [-0.1, -0.05) is 37.3 Å². The molecule has 0 spiro atoms. The third kappa shape index (κ3) is 3.02. The first-order valence-corrected chi connectivity index (χ1v) is 8.84. The van der Waals surface area contributed by atoms with E-state index in [-0.39, 0.29) is 5.91 Å². The summed E-state index contributed by atoms with van der Waals surface area (Å²) in [6, 6.07) is 13.9. The van der Waals surface area contributed by atoms with Crippen LogP contribution >= 0.6 is 0 Å². The maximum atomic E-state index is 12.8. The number of amides is 1. The van der Waals surface area contributed by atoms with Crippen molar-refractivity contribution in [3.63, 3.8) is 0 Å². The van der Waals surface area contributed by atoms with Crippen molar-refractivity contribution in [2.45, 2.75) is 26.7 Å². The minimum Gasteiger partial charge on any atom is -0.337 e. The van der Waals surface area contributed by atoms with Crippen molar-refractivity contribution in [3.8, 4) is 11.3 Å². The monoisotopic (exact) mass is 334 g/mol. The van der Waals surface area contributed by atoms with E-state index in [2.05, 4.69) is 12.0 Å². The number of aryl methyl sites for hydroxylation is 1. The predicted octanol–water partition coefficient (Wildman–Crippen LogP) is 3.58. The van der Waals surface area contributed by atoms with E-state index in [0.717, 1.165) is 42.9 Å². The summed E-state index contributed by atoms with van der Waals surface area (Å²) in [6.45, 7) is 5.86. The molecule has 5 nitrogen and oxygen atoms in total. The van der Waals surface area contributed by atoms with E-state index in [9.17, 15) is 4.79 Å². The molecule has 0 bridgehead atoms. The Hall–Kier alpha value is -2.69. The standard InChI is InChI=1S/C20H22N4O/c1-14-8-10-23(11-9-14)20(25)18-13-19-21-17(12-15(2)24(19)22-18)16-6-4-3-5-7-16/h3-7,12-14H,8-11H2,1-2H3. The second-order valence-electron chi connectivity index (χ2n) is 6.92. The molecule has 5 heteroatoms. The summed E-state index contributed by atoms with van der Waals surface area (Å²) in [5, 5.41) is 4.50. The molecule has 0 radical (unpaired) electrons. The Balaban J connectivity index is 1.68. The lowest BCUT2D eigenvalue weighted by Gasteiger charge is -2.29. The van der Waals surface area contributed by atoms with Gasteiger partial charge in [0.2, 0.25) is 0 Å². The Labute approximate surface area is 147 Å². The normalized spacial score (nSPS) is 15.7. The fraction of sp³-hybridized carbons (Fsp3) is 0.350. The summed E-state index contributed by atoms with van der Waals surface area (Å²) in [7, 11) is 0. The molecule has 1 aliphatic rings. The van der Waals surface area contributed by atoms with Gasteiger partial charge in [0.15, 0.2) is 11.3 Å². The molecule has 25 heavy (non-hydrogen) atoms. The number of rotatable bonds is 2. The molecule has 0 saturated carbocycles. The molecule has 0 atom stereocenters. The topological polar surface area (TPSA) is 50.5 Å². The zero-order valence-electron chi connectivity index (χ0n) is 14.6. The largest absolute Gasteiger partial charge is 0.337 e. The highest BCUT2D eigenvalue weighted by molar-refractivity contribution is 5.93. The van der Waals surface area contributed by atoms with Crippen LogP contribution in [0.25, 0.3) is 16.9 Å². The first-order chi connectivity index (χ1) is 12.1. The van der Waals surface area contributed by atoms with Gasteiger partial charge in [-0.05, 0) is 31.7 Å². The van der Waals surface area contributed by atoms with E-state index in [1.54, 1.807) is 10.6 Å². The number of hydrogen-bond acceptors (Lipinski definition) is 3. The molecule has 1 fully saturated rings. The van der Waals surface area contributed by atoms with Crippen LogP contribution in [-0.4, -0.2) is 38.5 Å². The molecule has 0 N–H and O–H groups in total. The van der Waals surface area contributed by atoms with Crippen LogP contribution in [0.15, 0.2) is 42.5 Å². The van der Waals surface area contributed by atoms with E-state index in [1.165, 1.54) is 0 Å². The van der Waals surface area contributed by atoms with E-state index < -0.39 is 0 Å². The van der Waals surface area contributed by atoms with Gasteiger partial charge in [0.05, 0.1) is 5.69 Å². The average Bonchev–Trinajstić information content (AvgIpc) is 3.07. The Kier molecular flexibility index (Phi) is 3.99. The molecule has 1 saturated heterocycles. The van der Waals surface area contributed by atoms with E-state index in [0.29, 0.717) is 17.3 Å². The van der Waals surface area contributed by atoms with Crippen LogP contribution in [0, 0.1) is 12.8 Å². The lowest BCUT2D eigenvalue weighted by molar-refractivity contribution is 0.0691. The Morgan fingerprint density at radius 2 is 1.84 bits per heavy atom. The van der Waals surface area contributed by atoms with Crippen molar-refractivity contribution in [2.24, 2.45) is 5.92 Å². The number of nitrogens with zero attached hydrogens (tertiary/aromatic N) is 4. The second-order valence-corrected chi connectivity index (χ2v) is 6.92. The molecule has 3 heterocycles. The first-order valence-electron chi connectivity index (χ1n) is 8.84. The molecule has 0 unspecified atom stereocenters. The van der Waals surface area contributed by atoms with Gasteiger partial charge in [-0.2, -0.15) is 5.10 Å². The molecule has 1 aliphatic heterocycles. The van der Waals surface area contributed by atoms with Gasteiger partial charge < -0.3 is 4.90 Å². The zero-order valence-corrected chi connectivity index (χ0v) is 14.6. The SMILES string of the molecule is Cc1cc(-c2ccccc2)nc2cc(C(=O)N3CCC(C)CC3)nn12. The summed E-state index contributed by atoms with van der Waals surface area (Å²) >= 11 is 0. The molecular weight excluding hydrogens is 312 g/mol. The number of aromatic nitrogens is 3. The molecule has 1 amide bonds. The van der Waals surface area contributed by atoms with Crippen molar-refractivity contribution < 1.29 is 4.79 Å². The Morgan fingerprint density at radius 1 is 1.12 bits per heavy atom. The van der Waals surface area contributed by atoms with Crippen LogP contribution in [0.5, 0.6) is 0 Å². The van der Waals surface area contributed by atoms with Crippen LogP contribution in [0.3, 0.4) is 0 Å². The summed E-state index contributed by atoms with van der Waals surface area (Å²) in [4.78, 5) is 19.4. The first kappa shape index (κ1) is 15.8. The maximum Gasteiger partial charge on any atom is 0.274 e. The van der Waals surface area contributed by atoms with Crippen LogP contribution in [0.4, 0.5) is 0 Å². The summed E-state index contributed by atoms with van der Waals surface area (Å²) in [6.07, 6.45) is 2.13.